The molecule has 0 saturated heterocycles. The Morgan fingerprint density at radius 1 is 1.40 bits per heavy atom. The number of aliphatic hydroxyl groups excluding tert-OH is 1. The molecule has 0 aliphatic heterocycles. The maximum absolute atomic E-state index is 13.4. The molecule has 1 aromatic carbocycles. The molecule has 0 aliphatic carbocycles. The van der Waals surface area contributed by atoms with Crippen molar-refractivity contribution >= 4 is 33.4 Å². The van der Waals surface area contributed by atoms with Crippen molar-refractivity contribution in [2.75, 3.05) is 11.9 Å². The highest BCUT2D eigenvalue weighted by atomic mass is 79.9. The van der Waals surface area contributed by atoms with Crippen molar-refractivity contribution in [1.29, 1.82) is 0 Å². The topological polar surface area (TPSA) is 78.4 Å². The first-order chi connectivity index (χ1) is 9.43. The second kappa shape index (κ2) is 7.96. The fourth-order valence-corrected chi connectivity index (χ4v) is 1.86. The van der Waals surface area contributed by atoms with Crippen molar-refractivity contribution in [2.45, 2.75) is 25.9 Å². The minimum Gasteiger partial charge on any atom is -0.391 e. The molecule has 3 N–H and O–H groups in total. The Morgan fingerprint density at radius 3 is 2.75 bits per heavy atom. The van der Waals surface area contributed by atoms with Gasteiger partial charge in [0, 0.05) is 11.0 Å². The molecule has 0 unspecified atom stereocenters. The van der Waals surface area contributed by atoms with Gasteiger partial charge in [0.05, 0.1) is 11.8 Å². The second-order valence-electron chi connectivity index (χ2n) is 4.23. The third-order valence-electron chi connectivity index (χ3n) is 2.50. The lowest BCUT2D eigenvalue weighted by Gasteiger charge is -2.11. The molecule has 0 radical (unpaired) electrons. The first-order valence-electron chi connectivity index (χ1n) is 6.16. The van der Waals surface area contributed by atoms with E-state index < -0.39 is 23.7 Å². The summed E-state index contributed by atoms with van der Waals surface area (Å²) in [5.74, 6) is -2.54. The maximum atomic E-state index is 13.4. The van der Waals surface area contributed by atoms with E-state index in [0.29, 0.717) is 10.9 Å². The average Bonchev–Trinajstić information content (AvgIpc) is 2.40. The van der Waals surface area contributed by atoms with E-state index in [1.54, 1.807) is 0 Å². The van der Waals surface area contributed by atoms with E-state index in [9.17, 15) is 19.1 Å². The van der Waals surface area contributed by atoms with Gasteiger partial charge in [-0.25, -0.2) is 4.39 Å². The van der Waals surface area contributed by atoms with Crippen LogP contribution in [0.1, 0.15) is 19.8 Å². The Morgan fingerprint density at radius 2 is 2.10 bits per heavy atom. The predicted molar refractivity (Wildman–Crippen MR) is 76.7 cm³/mol. The lowest BCUT2D eigenvalue weighted by molar-refractivity contribution is -0.136. The zero-order chi connectivity index (χ0) is 15.1. The Balaban J connectivity index is 2.53. The average molecular weight is 347 g/mol. The molecule has 5 nitrogen and oxygen atoms in total. The zero-order valence-corrected chi connectivity index (χ0v) is 12.5. The number of rotatable bonds is 5. The largest absolute Gasteiger partial charge is 0.391 e. The molecule has 1 aromatic rings. The lowest BCUT2D eigenvalue weighted by Crippen LogP contribution is -2.39. The fraction of sp³-hybridized carbons (Fsp3) is 0.385. The highest BCUT2D eigenvalue weighted by Gasteiger charge is 2.16. The quantitative estimate of drug-likeness (QED) is 0.711. The summed E-state index contributed by atoms with van der Waals surface area (Å²) in [7, 11) is 0. The third-order valence-corrected chi connectivity index (χ3v) is 3.00. The van der Waals surface area contributed by atoms with Gasteiger partial charge in [0.2, 0.25) is 0 Å². The molecule has 0 aromatic heterocycles. The number of aliphatic hydroxyl groups is 1. The number of hydrogen-bond acceptors (Lipinski definition) is 3. The van der Waals surface area contributed by atoms with Crippen molar-refractivity contribution in [3.8, 4) is 0 Å². The van der Waals surface area contributed by atoms with Gasteiger partial charge in [0.15, 0.2) is 0 Å². The molecule has 0 spiro atoms. The van der Waals surface area contributed by atoms with Crippen LogP contribution in [-0.2, 0) is 9.59 Å². The van der Waals surface area contributed by atoms with Crippen LogP contribution in [0.2, 0.25) is 0 Å². The molecule has 0 saturated carbocycles. The molecule has 7 heteroatoms. The van der Waals surface area contributed by atoms with E-state index in [1.165, 1.54) is 18.2 Å². The first kappa shape index (κ1) is 16.6. The summed E-state index contributed by atoms with van der Waals surface area (Å²) in [5.41, 5.74) is -0.0892. The van der Waals surface area contributed by atoms with Gasteiger partial charge in [-0.1, -0.05) is 29.3 Å². The number of halogens is 2. The second-order valence-corrected chi connectivity index (χ2v) is 5.15. The van der Waals surface area contributed by atoms with Crippen LogP contribution in [-0.4, -0.2) is 29.6 Å². The van der Waals surface area contributed by atoms with Gasteiger partial charge in [-0.15, -0.1) is 0 Å². The van der Waals surface area contributed by atoms with E-state index in [0.717, 1.165) is 6.42 Å². The van der Waals surface area contributed by atoms with Gasteiger partial charge in [0.25, 0.3) is 0 Å². The van der Waals surface area contributed by atoms with Gasteiger partial charge in [-0.3, -0.25) is 9.59 Å². The minimum atomic E-state index is -0.981. The lowest BCUT2D eigenvalue weighted by atomic mass is 10.2. The number of carbonyl (C=O) groups is 2. The van der Waals surface area contributed by atoms with Crippen molar-refractivity contribution in [3.63, 3.8) is 0 Å². The Kier molecular flexibility index (Phi) is 6.60. The zero-order valence-electron chi connectivity index (χ0n) is 11.0. The van der Waals surface area contributed by atoms with Crippen molar-refractivity contribution in [1.82, 2.24) is 5.32 Å². The molecule has 2 amide bonds. The van der Waals surface area contributed by atoms with E-state index in [-0.39, 0.29) is 12.2 Å². The monoisotopic (exact) mass is 346 g/mol. The molecule has 0 bridgehead atoms. The molecule has 0 fully saturated rings. The fourth-order valence-electron chi connectivity index (χ4n) is 1.50. The van der Waals surface area contributed by atoms with E-state index >= 15 is 0 Å². The Bertz CT molecular complexity index is 497. The Hall–Kier alpha value is -1.47. The third kappa shape index (κ3) is 5.26. The standard InChI is InChI=1S/C13H16BrFN2O3/c1-2-3-9(18)7-16-12(19)13(20)17-11-6-8(14)4-5-10(11)15/h4-6,9,18H,2-3,7H2,1H3,(H,16,19)(H,17,20)/t9-/m1/s1. The summed E-state index contributed by atoms with van der Waals surface area (Å²) in [6.45, 7) is 1.88. The summed E-state index contributed by atoms with van der Waals surface area (Å²) < 4.78 is 14.0. The van der Waals surface area contributed by atoms with Crippen molar-refractivity contribution < 1.29 is 19.1 Å². The summed E-state index contributed by atoms with van der Waals surface area (Å²) >= 11 is 3.14. The highest BCUT2D eigenvalue weighted by Crippen LogP contribution is 2.19. The van der Waals surface area contributed by atoms with Crippen molar-refractivity contribution in [2.24, 2.45) is 0 Å². The molecular formula is C13H16BrFN2O3. The number of benzene rings is 1. The molecule has 20 heavy (non-hydrogen) atoms. The Labute approximate surface area is 124 Å². The number of anilines is 1. The van der Waals surface area contributed by atoms with Crippen LogP contribution in [0.15, 0.2) is 22.7 Å². The summed E-state index contributed by atoms with van der Waals surface area (Å²) in [6, 6.07) is 4.00. The van der Waals surface area contributed by atoms with Gasteiger partial charge in [-0.05, 0) is 24.6 Å². The summed E-state index contributed by atoms with van der Waals surface area (Å²) in [6.07, 6.45) is 0.605. The molecule has 110 valence electrons. The summed E-state index contributed by atoms with van der Waals surface area (Å²) in [4.78, 5) is 23.0. The number of carbonyl (C=O) groups excluding carboxylic acids is 2. The number of amides is 2. The van der Waals surface area contributed by atoms with Gasteiger partial charge >= 0.3 is 11.8 Å². The van der Waals surface area contributed by atoms with Crippen molar-refractivity contribution in [3.05, 3.63) is 28.5 Å². The van der Waals surface area contributed by atoms with Crippen LogP contribution in [0.3, 0.4) is 0 Å². The molecule has 0 aliphatic rings. The molecule has 1 rings (SSSR count). The van der Waals surface area contributed by atoms with E-state index in [1.807, 2.05) is 6.92 Å². The number of hydrogen-bond donors (Lipinski definition) is 3. The first-order valence-corrected chi connectivity index (χ1v) is 6.95. The summed E-state index contributed by atoms with van der Waals surface area (Å²) in [5, 5.41) is 13.9. The molecule has 1 atom stereocenters. The smallest absolute Gasteiger partial charge is 0.313 e. The maximum Gasteiger partial charge on any atom is 0.313 e. The molecular weight excluding hydrogens is 331 g/mol. The van der Waals surface area contributed by atoms with E-state index in [4.69, 9.17) is 0 Å². The van der Waals surface area contributed by atoms with Crippen LogP contribution < -0.4 is 10.6 Å². The van der Waals surface area contributed by atoms with E-state index in [2.05, 4.69) is 26.6 Å². The predicted octanol–water partition coefficient (Wildman–Crippen LogP) is 1.80. The number of nitrogens with one attached hydrogen (secondary N) is 2. The molecule has 0 heterocycles. The van der Waals surface area contributed by atoms with Crippen LogP contribution >= 0.6 is 15.9 Å². The SMILES string of the molecule is CCC[C@@H](O)CNC(=O)C(=O)Nc1cc(Br)ccc1F. The van der Waals surface area contributed by atoms with Crippen LogP contribution in [0.25, 0.3) is 0 Å². The van der Waals surface area contributed by atoms with Crippen LogP contribution in [0.4, 0.5) is 10.1 Å². The normalized spacial score (nSPS) is 11.8. The van der Waals surface area contributed by atoms with Crippen LogP contribution in [0, 0.1) is 5.82 Å². The van der Waals surface area contributed by atoms with Gasteiger partial charge in [0.1, 0.15) is 5.82 Å². The van der Waals surface area contributed by atoms with Gasteiger partial charge < -0.3 is 15.7 Å². The van der Waals surface area contributed by atoms with Crippen LogP contribution in [0.5, 0.6) is 0 Å². The highest BCUT2D eigenvalue weighted by molar-refractivity contribution is 9.10. The minimum absolute atomic E-state index is 0.0128. The van der Waals surface area contributed by atoms with Gasteiger partial charge in [-0.2, -0.15) is 0 Å².